The lowest BCUT2D eigenvalue weighted by Crippen LogP contribution is -2.13. The van der Waals surface area contributed by atoms with Crippen molar-refractivity contribution >= 4 is 23.0 Å². The highest BCUT2D eigenvalue weighted by Gasteiger charge is 2.16. The number of carbonyl (C=O) groups excluding carboxylic acids is 1. The normalized spacial score (nSPS) is 10.6. The molecule has 8 nitrogen and oxygen atoms in total. The Morgan fingerprint density at radius 3 is 2.61 bits per heavy atom. The fourth-order valence-electron chi connectivity index (χ4n) is 3.27. The SMILES string of the molecule is CCCCCc1ccc(C(=O)Nc2ccc(NCCc3cnc[nH]3)c([N+](=O)[O-])c2)cc1. The van der Waals surface area contributed by atoms with E-state index >= 15 is 0 Å². The fourth-order valence-corrected chi connectivity index (χ4v) is 3.27. The van der Waals surface area contributed by atoms with Gasteiger partial charge in [-0.05, 0) is 42.7 Å². The Hall–Kier alpha value is -3.68. The molecule has 162 valence electrons. The Bertz CT molecular complexity index is 1000. The summed E-state index contributed by atoms with van der Waals surface area (Å²) in [5.41, 5.74) is 3.35. The first-order chi connectivity index (χ1) is 15.1. The number of anilines is 2. The molecule has 0 aliphatic rings. The van der Waals surface area contributed by atoms with Crippen LogP contribution in [0.5, 0.6) is 0 Å². The zero-order valence-electron chi connectivity index (χ0n) is 17.6. The number of hydrogen-bond acceptors (Lipinski definition) is 5. The smallest absolute Gasteiger partial charge is 0.294 e. The van der Waals surface area contributed by atoms with Crippen LogP contribution in [0.25, 0.3) is 0 Å². The molecule has 0 saturated heterocycles. The van der Waals surface area contributed by atoms with Crippen molar-refractivity contribution in [1.29, 1.82) is 0 Å². The third-order valence-corrected chi connectivity index (χ3v) is 5.00. The van der Waals surface area contributed by atoms with E-state index in [4.69, 9.17) is 0 Å². The zero-order valence-corrected chi connectivity index (χ0v) is 17.6. The number of aromatic amines is 1. The first kappa shape index (κ1) is 22.0. The van der Waals surface area contributed by atoms with E-state index in [1.54, 1.807) is 36.8 Å². The van der Waals surface area contributed by atoms with Crippen LogP contribution in [0.3, 0.4) is 0 Å². The van der Waals surface area contributed by atoms with Crippen molar-refractivity contribution in [2.24, 2.45) is 0 Å². The first-order valence-corrected chi connectivity index (χ1v) is 10.5. The van der Waals surface area contributed by atoms with Crippen molar-refractivity contribution in [3.63, 3.8) is 0 Å². The highest BCUT2D eigenvalue weighted by atomic mass is 16.6. The van der Waals surface area contributed by atoms with Gasteiger partial charge in [0, 0.05) is 42.2 Å². The van der Waals surface area contributed by atoms with Gasteiger partial charge in [0.05, 0.1) is 11.3 Å². The summed E-state index contributed by atoms with van der Waals surface area (Å²) in [6, 6.07) is 12.1. The predicted octanol–water partition coefficient (Wildman–Crippen LogP) is 4.96. The number of nitrogens with zero attached hydrogens (tertiary/aromatic N) is 2. The molecule has 1 amide bonds. The topological polar surface area (TPSA) is 113 Å². The maximum Gasteiger partial charge on any atom is 0.294 e. The number of hydrogen-bond donors (Lipinski definition) is 3. The number of nitrogens with one attached hydrogen (secondary N) is 3. The number of H-pyrrole nitrogens is 1. The zero-order chi connectivity index (χ0) is 22.1. The molecule has 0 fully saturated rings. The number of amides is 1. The molecule has 3 rings (SSSR count). The number of nitro groups is 1. The van der Waals surface area contributed by atoms with Crippen LogP contribution in [0.2, 0.25) is 0 Å². The van der Waals surface area contributed by atoms with Gasteiger partial charge in [0.25, 0.3) is 11.6 Å². The van der Waals surface area contributed by atoms with Gasteiger partial charge in [-0.2, -0.15) is 0 Å². The monoisotopic (exact) mass is 421 g/mol. The number of rotatable bonds is 11. The summed E-state index contributed by atoms with van der Waals surface area (Å²) in [7, 11) is 0. The van der Waals surface area contributed by atoms with Gasteiger partial charge in [0.2, 0.25) is 0 Å². The predicted molar refractivity (Wildman–Crippen MR) is 122 cm³/mol. The van der Waals surface area contributed by atoms with Crippen LogP contribution < -0.4 is 10.6 Å². The average molecular weight is 422 g/mol. The van der Waals surface area contributed by atoms with E-state index in [9.17, 15) is 14.9 Å². The second-order valence-electron chi connectivity index (χ2n) is 7.35. The molecular formula is C23H27N5O3. The molecule has 0 bridgehead atoms. The number of aryl methyl sites for hydroxylation is 1. The Kier molecular flexibility index (Phi) is 7.75. The lowest BCUT2D eigenvalue weighted by Gasteiger charge is -2.10. The molecule has 0 radical (unpaired) electrons. The van der Waals surface area contributed by atoms with E-state index < -0.39 is 4.92 Å². The van der Waals surface area contributed by atoms with Crippen LogP contribution in [0, 0.1) is 10.1 Å². The summed E-state index contributed by atoms with van der Waals surface area (Å²) in [5.74, 6) is -0.297. The molecule has 8 heteroatoms. The quantitative estimate of drug-likeness (QED) is 0.230. The highest BCUT2D eigenvalue weighted by molar-refractivity contribution is 6.04. The van der Waals surface area contributed by atoms with Crippen LogP contribution in [0.15, 0.2) is 55.0 Å². The maximum absolute atomic E-state index is 12.5. The van der Waals surface area contributed by atoms with Gasteiger partial charge in [-0.25, -0.2) is 4.98 Å². The summed E-state index contributed by atoms with van der Waals surface area (Å²) < 4.78 is 0. The van der Waals surface area contributed by atoms with E-state index in [1.807, 2.05) is 12.1 Å². The number of imidazole rings is 1. The lowest BCUT2D eigenvalue weighted by atomic mass is 10.1. The van der Waals surface area contributed by atoms with Crippen molar-refractivity contribution in [3.8, 4) is 0 Å². The highest BCUT2D eigenvalue weighted by Crippen LogP contribution is 2.28. The van der Waals surface area contributed by atoms with Crippen LogP contribution in [0.1, 0.15) is 47.8 Å². The van der Waals surface area contributed by atoms with E-state index in [2.05, 4.69) is 27.5 Å². The average Bonchev–Trinajstić information content (AvgIpc) is 3.28. The van der Waals surface area contributed by atoms with Crippen molar-refractivity contribution < 1.29 is 9.72 Å². The number of unbranched alkanes of at least 4 members (excludes halogenated alkanes) is 2. The summed E-state index contributed by atoms with van der Waals surface area (Å²) in [5, 5.41) is 17.3. The fraction of sp³-hybridized carbons (Fsp3) is 0.304. The van der Waals surface area contributed by atoms with Crippen molar-refractivity contribution in [2.45, 2.75) is 39.0 Å². The largest absolute Gasteiger partial charge is 0.379 e. The summed E-state index contributed by atoms with van der Waals surface area (Å²) in [6.45, 7) is 2.68. The molecule has 0 spiro atoms. The van der Waals surface area contributed by atoms with Gasteiger partial charge >= 0.3 is 0 Å². The van der Waals surface area contributed by atoms with Crippen LogP contribution in [-0.2, 0) is 12.8 Å². The minimum absolute atomic E-state index is 0.0892. The van der Waals surface area contributed by atoms with E-state index in [0.29, 0.717) is 29.9 Å². The molecule has 0 atom stereocenters. The van der Waals surface area contributed by atoms with E-state index in [1.165, 1.54) is 24.5 Å². The number of benzene rings is 2. The summed E-state index contributed by atoms with van der Waals surface area (Å²) in [4.78, 5) is 30.5. The van der Waals surface area contributed by atoms with Crippen LogP contribution >= 0.6 is 0 Å². The molecular weight excluding hydrogens is 394 g/mol. The molecule has 1 heterocycles. The minimum Gasteiger partial charge on any atom is -0.379 e. The first-order valence-electron chi connectivity index (χ1n) is 10.5. The van der Waals surface area contributed by atoms with Crippen molar-refractivity contribution in [1.82, 2.24) is 9.97 Å². The molecule has 2 aromatic carbocycles. The molecule has 0 aliphatic heterocycles. The Morgan fingerprint density at radius 1 is 1.13 bits per heavy atom. The second-order valence-corrected chi connectivity index (χ2v) is 7.35. The number of nitro benzene ring substituents is 1. The Balaban J connectivity index is 1.62. The third-order valence-electron chi connectivity index (χ3n) is 5.00. The van der Waals surface area contributed by atoms with E-state index in [-0.39, 0.29) is 11.6 Å². The molecule has 0 aliphatic carbocycles. The molecule has 3 N–H and O–H groups in total. The van der Waals surface area contributed by atoms with Gasteiger partial charge in [-0.15, -0.1) is 0 Å². The molecule has 3 aromatic rings. The molecule has 1 aromatic heterocycles. The molecule has 0 unspecified atom stereocenters. The summed E-state index contributed by atoms with van der Waals surface area (Å²) in [6.07, 6.45) is 8.46. The summed E-state index contributed by atoms with van der Waals surface area (Å²) >= 11 is 0. The van der Waals surface area contributed by atoms with Gasteiger partial charge in [-0.3, -0.25) is 14.9 Å². The van der Waals surface area contributed by atoms with Gasteiger partial charge < -0.3 is 15.6 Å². The lowest BCUT2D eigenvalue weighted by molar-refractivity contribution is -0.383. The maximum atomic E-state index is 12.5. The van der Waals surface area contributed by atoms with E-state index in [0.717, 1.165) is 18.5 Å². The Labute approximate surface area is 181 Å². The minimum atomic E-state index is -0.459. The van der Waals surface area contributed by atoms with Gasteiger partial charge in [0.1, 0.15) is 5.69 Å². The third kappa shape index (κ3) is 6.40. The van der Waals surface area contributed by atoms with Crippen molar-refractivity contribution in [2.75, 3.05) is 17.2 Å². The second kappa shape index (κ2) is 10.9. The number of aromatic nitrogens is 2. The molecule has 0 saturated carbocycles. The van der Waals surface area contributed by atoms with Crippen LogP contribution in [0.4, 0.5) is 17.1 Å². The van der Waals surface area contributed by atoms with Crippen molar-refractivity contribution in [3.05, 3.63) is 81.9 Å². The number of carbonyl (C=O) groups is 1. The molecule has 31 heavy (non-hydrogen) atoms. The standard InChI is InChI=1S/C23H27N5O3/c1-2-3-4-5-17-6-8-18(9-7-17)23(29)27-19-10-11-21(22(14-19)28(30)31)25-13-12-20-15-24-16-26-20/h6-11,14-16,25H,2-5,12-13H2,1H3,(H,24,26)(H,27,29). The Morgan fingerprint density at radius 2 is 1.94 bits per heavy atom. The van der Waals surface area contributed by atoms with Gasteiger partial charge in [-0.1, -0.05) is 31.9 Å². The van der Waals surface area contributed by atoms with Crippen LogP contribution in [-0.4, -0.2) is 27.3 Å². The van der Waals surface area contributed by atoms with Gasteiger partial charge in [0.15, 0.2) is 0 Å².